The van der Waals surface area contributed by atoms with E-state index >= 15 is 0 Å². The summed E-state index contributed by atoms with van der Waals surface area (Å²) in [7, 11) is 0. The SMILES string of the molecule is O=C1CCCCCCC1C1CCCCCC1. The van der Waals surface area contributed by atoms with Gasteiger partial charge in [0.15, 0.2) is 0 Å². The van der Waals surface area contributed by atoms with Crippen molar-refractivity contribution in [2.45, 2.75) is 77.0 Å². The summed E-state index contributed by atoms with van der Waals surface area (Å²) in [5.74, 6) is 1.79. The van der Waals surface area contributed by atoms with Crippen LogP contribution in [-0.4, -0.2) is 5.78 Å². The van der Waals surface area contributed by atoms with Gasteiger partial charge >= 0.3 is 0 Å². The Morgan fingerprint density at radius 3 is 1.94 bits per heavy atom. The lowest BCUT2D eigenvalue weighted by molar-refractivity contribution is -0.125. The highest BCUT2D eigenvalue weighted by molar-refractivity contribution is 5.81. The maximum atomic E-state index is 12.2. The highest BCUT2D eigenvalue weighted by Gasteiger charge is 2.28. The van der Waals surface area contributed by atoms with Crippen LogP contribution in [0.25, 0.3) is 0 Å². The molecule has 1 atom stereocenters. The van der Waals surface area contributed by atoms with E-state index in [1.807, 2.05) is 0 Å². The predicted octanol–water partition coefficient (Wildman–Crippen LogP) is 4.50. The minimum atomic E-state index is 0.443. The second-order valence-corrected chi connectivity index (χ2v) is 5.78. The summed E-state index contributed by atoms with van der Waals surface area (Å²) in [5, 5.41) is 0. The van der Waals surface area contributed by atoms with Crippen molar-refractivity contribution in [1.82, 2.24) is 0 Å². The molecule has 0 amide bonds. The van der Waals surface area contributed by atoms with Crippen LogP contribution in [0.5, 0.6) is 0 Å². The first-order valence-electron chi connectivity index (χ1n) is 7.40. The van der Waals surface area contributed by atoms with E-state index in [2.05, 4.69) is 0 Å². The van der Waals surface area contributed by atoms with E-state index in [1.54, 1.807) is 0 Å². The van der Waals surface area contributed by atoms with Crippen LogP contribution in [0.2, 0.25) is 0 Å². The molecule has 2 fully saturated rings. The average molecular weight is 222 g/mol. The Morgan fingerprint density at radius 2 is 1.25 bits per heavy atom. The fourth-order valence-corrected chi connectivity index (χ4v) is 3.58. The van der Waals surface area contributed by atoms with E-state index in [9.17, 15) is 4.79 Å². The fraction of sp³-hybridized carbons (Fsp3) is 0.933. The smallest absolute Gasteiger partial charge is 0.136 e. The third-order valence-corrected chi connectivity index (χ3v) is 4.57. The second kappa shape index (κ2) is 6.42. The lowest BCUT2D eigenvalue weighted by atomic mass is 9.77. The zero-order valence-electron chi connectivity index (χ0n) is 10.5. The van der Waals surface area contributed by atoms with Gasteiger partial charge in [-0.3, -0.25) is 4.79 Å². The van der Waals surface area contributed by atoms with Crippen LogP contribution in [0.3, 0.4) is 0 Å². The summed E-state index contributed by atoms with van der Waals surface area (Å²) in [6.45, 7) is 0. The minimum Gasteiger partial charge on any atom is -0.299 e. The molecule has 0 aromatic carbocycles. The quantitative estimate of drug-likeness (QED) is 0.597. The fourth-order valence-electron chi connectivity index (χ4n) is 3.58. The standard InChI is InChI=1S/C15H26O/c16-15-12-8-4-3-7-11-14(15)13-9-5-1-2-6-10-13/h13-14H,1-12H2. The molecule has 0 aromatic rings. The number of ketones is 1. The summed E-state index contributed by atoms with van der Waals surface area (Å²) in [4.78, 5) is 12.2. The second-order valence-electron chi connectivity index (χ2n) is 5.78. The largest absolute Gasteiger partial charge is 0.299 e. The van der Waals surface area contributed by atoms with Gasteiger partial charge < -0.3 is 0 Å². The van der Waals surface area contributed by atoms with Gasteiger partial charge in [-0.25, -0.2) is 0 Å². The zero-order valence-corrected chi connectivity index (χ0v) is 10.5. The maximum Gasteiger partial charge on any atom is 0.136 e. The van der Waals surface area contributed by atoms with Gasteiger partial charge in [0, 0.05) is 12.3 Å². The average Bonchev–Trinajstić information content (AvgIpc) is 2.53. The van der Waals surface area contributed by atoms with Crippen LogP contribution in [0.15, 0.2) is 0 Å². The molecule has 1 nitrogen and oxygen atoms in total. The summed E-state index contributed by atoms with van der Waals surface area (Å²) in [5.41, 5.74) is 0. The van der Waals surface area contributed by atoms with Crippen molar-refractivity contribution in [2.75, 3.05) is 0 Å². The molecule has 16 heavy (non-hydrogen) atoms. The minimum absolute atomic E-state index is 0.443. The summed E-state index contributed by atoms with van der Waals surface area (Å²) < 4.78 is 0. The Kier molecular flexibility index (Phi) is 4.87. The summed E-state index contributed by atoms with van der Waals surface area (Å²) in [6.07, 6.45) is 15.4. The van der Waals surface area contributed by atoms with Gasteiger partial charge in [0.2, 0.25) is 0 Å². The monoisotopic (exact) mass is 222 g/mol. The number of hydrogen-bond acceptors (Lipinski definition) is 1. The molecule has 1 unspecified atom stereocenters. The Bertz CT molecular complexity index is 213. The van der Waals surface area contributed by atoms with Crippen LogP contribution in [0.4, 0.5) is 0 Å². The lowest BCUT2D eigenvalue weighted by Crippen LogP contribution is -2.24. The van der Waals surface area contributed by atoms with E-state index in [0.717, 1.165) is 18.8 Å². The zero-order chi connectivity index (χ0) is 11.2. The van der Waals surface area contributed by atoms with Crippen LogP contribution < -0.4 is 0 Å². The molecule has 2 aliphatic rings. The molecule has 0 saturated heterocycles. The number of rotatable bonds is 1. The van der Waals surface area contributed by atoms with E-state index in [-0.39, 0.29) is 0 Å². The van der Waals surface area contributed by atoms with Crippen molar-refractivity contribution in [3.63, 3.8) is 0 Å². The normalized spacial score (nSPS) is 30.5. The first kappa shape index (κ1) is 12.1. The molecular weight excluding hydrogens is 196 g/mol. The van der Waals surface area contributed by atoms with Crippen molar-refractivity contribution in [1.29, 1.82) is 0 Å². The molecule has 0 aromatic heterocycles. The third-order valence-electron chi connectivity index (χ3n) is 4.57. The highest BCUT2D eigenvalue weighted by Crippen LogP contribution is 2.34. The Morgan fingerprint density at radius 1 is 0.688 bits per heavy atom. The van der Waals surface area contributed by atoms with E-state index in [0.29, 0.717) is 11.7 Å². The van der Waals surface area contributed by atoms with Crippen molar-refractivity contribution in [3.8, 4) is 0 Å². The van der Waals surface area contributed by atoms with Gasteiger partial charge in [0.05, 0.1) is 0 Å². The van der Waals surface area contributed by atoms with E-state index < -0.39 is 0 Å². The molecule has 2 rings (SSSR count). The number of Topliss-reactive ketones (excluding diaryl/α,β-unsaturated/α-hetero) is 1. The first-order chi connectivity index (χ1) is 7.88. The molecule has 0 bridgehead atoms. The predicted molar refractivity (Wildman–Crippen MR) is 67.4 cm³/mol. The number of carbonyl (C=O) groups excluding carboxylic acids is 1. The number of hydrogen-bond donors (Lipinski definition) is 0. The van der Waals surface area contributed by atoms with Crippen molar-refractivity contribution in [2.24, 2.45) is 11.8 Å². The van der Waals surface area contributed by atoms with Gasteiger partial charge in [-0.1, -0.05) is 44.9 Å². The van der Waals surface area contributed by atoms with Gasteiger partial charge in [-0.2, -0.15) is 0 Å². The van der Waals surface area contributed by atoms with Crippen molar-refractivity contribution in [3.05, 3.63) is 0 Å². The molecule has 2 aliphatic carbocycles. The summed E-state index contributed by atoms with van der Waals surface area (Å²) in [6, 6.07) is 0. The lowest BCUT2D eigenvalue weighted by Gasteiger charge is -2.26. The molecule has 0 aliphatic heterocycles. The van der Waals surface area contributed by atoms with Crippen LogP contribution >= 0.6 is 0 Å². The van der Waals surface area contributed by atoms with Crippen LogP contribution in [-0.2, 0) is 4.79 Å². The molecular formula is C15H26O. The van der Waals surface area contributed by atoms with Gasteiger partial charge in [-0.15, -0.1) is 0 Å². The van der Waals surface area contributed by atoms with Crippen LogP contribution in [0, 0.1) is 11.8 Å². The molecule has 0 radical (unpaired) electrons. The van der Waals surface area contributed by atoms with Gasteiger partial charge in [0.25, 0.3) is 0 Å². The van der Waals surface area contributed by atoms with Crippen molar-refractivity contribution < 1.29 is 4.79 Å². The third kappa shape index (κ3) is 3.33. The maximum absolute atomic E-state index is 12.2. The van der Waals surface area contributed by atoms with E-state index in [4.69, 9.17) is 0 Å². The Hall–Kier alpha value is -0.330. The van der Waals surface area contributed by atoms with E-state index in [1.165, 1.54) is 64.2 Å². The van der Waals surface area contributed by atoms with Crippen molar-refractivity contribution >= 4 is 5.78 Å². The molecule has 0 heterocycles. The Balaban J connectivity index is 1.94. The van der Waals surface area contributed by atoms with Crippen LogP contribution in [0.1, 0.15) is 77.0 Å². The molecule has 92 valence electrons. The topological polar surface area (TPSA) is 17.1 Å². The molecule has 1 heteroatoms. The molecule has 0 N–H and O–H groups in total. The first-order valence-corrected chi connectivity index (χ1v) is 7.40. The molecule has 0 spiro atoms. The Labute approximate surface area is 100.0 Å². The van der Waals surface area contributed by atoms with Gasteiger partial charge in [-0.05, 0) is 31.6 Å². The number of carbonyl (C=O) groups is 1. The van der Waals surface area contributed by atoms with Gasteiger partial charge in [0.1, 0.15) is 5.78 Å². The summed E-state index contributed by atoms with van der Waals surface area (Å²) >= 11 is 0. The highest BCUT2D eigenvalue weighted by atomic mass is 16.1. The molecule has 2 saturated carbocycles.